The second-order valence-electron chi connectivity index (χ2n) is 5.75. The van der Waals surface area contributed by atoms with E-state index in [9.17, 15) is 0 Å². The fourth-order valence-corrected chi connectivity index (χ4v) is 3.05. The van der Waals surface area contributed by atoms with Crippen LogP contribution in [0.5, 0.6) is 11.5 Å². The van der Waals surface area contributed by atoms with Crippen LogP contribution < -0.4 is 9.47 Å². The minimum atomic E-state index is 0.830. The third-order valence-electron chi connectivity index (χ3n) is 4.33. The molecule has 124 valence electrons. The van der Waals surface area contributed by atoms with Crippen LogP contribution in [0.2, 0.25) is 0 Å². The zero-order valence-electron chi connectivity index (χ0n) is 14.1. The third kappa shape index (κ3) is 2.72. The summed E-state index contributed by atoms with van der Waals surface area (Å²) in [6.07, 6.45) is 3.85. The Morgan fingerprint density at radius 2 is 1.72 bits per heavy atom. The van der Waals surface area contributed by atoms with Crippen molar-refractivity contribution >= 4 is 11.0 Å². The molecule has 0 aliphatic rings. The molecule has 0 bridgehead atoms. The van der Waals surface area contributed by atoms with Crippen molar-refractivity contribution in [1.29, 1.82) is 0 Å². The van der Waals surface area contributed by atoms with E-state index in [1.54, 1.807) is 14.2 Å². The van der Waals surface area contributed by atoms with Gasteiger partial charge in [0, 0.05) is 34.5 Å². The van der Waals surface area contributed by atoms with Crippen LogP contribution in [0.15, 0.2) is 67.0 Å². The maximum Gasteiger partial charge on any atom is 0.137 e. The maximum absolute atomic E-state index is 5.51. The average Bonchev–Trinajstić information content (AvgIpc) is 3.11. The molecular formula is C21H18N2O2. The van der Waals surface area contributed by atoms with E-state index in [-0.39, 0.29) is 0 Å². The van der Waals surface area contributed by atoms with Crippen molar-refractivity contribution in [2.75, 3.05) is 14.2 Å². The molecule has 0 radical (unpaired) electrons. The zero-order chi connectivity index (χ0) is 17.2. The lowest BCUT2D eigenvalue weighted by atomic mass is 10.0. The lowest BCUT2D eigenvalue weighted by Gasteiger charge is -2.08. The third-order valence-corrected chi connectivity index (χ3v) is 4.33. The second-order valence-corrected chi connectivity index (χ2v) is 5.75. The molecule has 1 N–H and O–H groups in total. The number of aromatic nitrogens is 2. The summed E-state index contributed by atoms with van der Waals surface area (Å²) in [5, 5.41) is 1.06. The molecule has 4 nitrogen and oxygen atoms in total. The number of methoxy groups -OCH3 is 2. The minimum absolute atomic E-state index is 0.830. The molecular weight excluding hydrogens is 312 g/mol. The minimum Gasteiger partial charge on any atom is -0.497 e. The topological polar surface area (TPSA) is 47.1 Å². The first-order chi connectivity index (χ1) is 12.3. The summed E-state index contributed by atoms with van der Waals surface area (Å²) in [6.45, 7) is 0. The number of benzene rings is 2. The Balaban J connectivity index is 1.88. The van der Waals surface area contributed by atoms with Crippen LogP contribution in [0.25, 0.3) is 33.3 Å². The maximum atomic E-state index is 5.51. The van der Waals surface area contributed by atoms with E-state index >= 15 is 0 Å². The molecule has 2 aromatic heterocycles. The summed E-state index contributed by atoms with van der Waals surface area (Å²) < 4.78 is 10.8. The Bertz CT molecular complexity index is 1040. The molecule has 4 aromatic rings. The summed E-state index contributed by atoms with van der Waals surface area (Å²) in [7, 11) is 3.36. The fraction of sp³-hybridized carbons (Fsp3) is 0.0952. The lowest BCUT2D eigenvalue weighted by molar-refractivity contribution is 0.415. The number of rotatable bonds is 4. The van der Waals surface area contributed by atoms with Crippen molar-refractivity contribution in [2.45, 2.75) is 0 Å². The van der Waals surface area contributed by atoms with Crippen molar-refractivity contribution in [3.05, 3.63) is 67.0 Å². The number of aromatic amines is 1. The predicted molar refractivity (Wildman–Crippen MR) is 100 cm³/mol. The molecule has 0 saturated heterocycles. The van der Waals surface area contributed by atoms with E-state index in [2.05, 4.69) is 28.2 Å². The Morgan fingerprint density at radius 1 is 0.840 bits per heavy atom. The van der Waals surface area contributed by atoms with Gasteiger partial charge in [0.1, 0.15) is 17.1 Å². The van der Waals surface area contributed by atoms with Gasteiger partial charge in [0.2, 0.25) is 0 Å². The highest BCUT2D eigenvalue weighted by Gasteiger charge is 2.12. The van der Waals surface area contributed by atoms with Gasteiger partial charge in [-0.05, 0) is 29.8 Å². The van der Waals surface area contributed by atoms with Crippen molar-refractivity contribution < 1.29 is 9.47 Å². The lowest BCUT2D eigenvalue weighted by Crippen LogP contribution is -1.87. The van der Waals surface area contributed by atoms with Crippen LogP contribution in [-0.2, 0) is 0 Å². The molecule has 0 fully saturated rings. The van der Waals surface area contributed by atoms with Crippen molar-refractivity contribution in [2.24, 2.45) is 0 Å². The van der Waals surface area contributed by atoms with Gasteiger partial charge in [-0.15, -0.1) is 0 Å². The molecule has 2 heterocycles. The monoisotopic (exact) mass is 330 g/mol. The van der Waals surface area contributed by atoms with Gasteiger partial charge >= 0.3 is 0 Å². The van der Waals surface area contributed by atoms with Gasteiger partial charge in [-0.25, -0.2) is 4.98 Å². The first-order valence-electron chi connectivity index (χ1n) is 8.05. The summed E-state index contributed by atoms with van der Waals surface area (Å²) >= 11 is 0. The van der Waals surface area contributed by atoms with Crippen LogP contribution in [0.4, 0.5) is 0 Å². The second kappa shape index (κ2) is 6.32. The van der Waals surface area contributed by atoms with E-state index in [1.807, 2.05) is 48.8 Å². The highest BCUT2D eigenvalue weighted by molar-refractivity contribution is 5.97. The van der Waals surface area contributed by atoms with E-state index in [0.29, 0.717) is 0 Å². The number of hydrogen-bond acceptors (Lipinski definition) is 3. The number of hydrogen-bond donors (Lipinski definition) is 1. The summed E-state index contributed by atoms with van der Waals surface area (Å²) in [4.78, 5) is 7.83. The van der Waals surface area contributed by atoms with Crippen LogP contribution >= 0.6 is 0 Å². The van der Waals surface area contributed by atoms with Gasteiger partial charge in [-0.1, -0.05) is 30.3 Å². The summed E-state index contributed by atoms with van der Waals surface area (Å²) in [5.41, 5.74) is 5.08. The Hall–Kier alpha value is -3.27. The summed E-state index contributed by atoms with van der Waals surface area (Å²) in [5.74, 6) is 1.67. The Morgan fingerprint density at radius 3 is 2.56 bits per heavy atom. The number of nitrogens with zero attached hydrogens (tertiary/aromatic N) is 1. The van der Waals surface area contributed by atoms with Crippen molar-refractivity contribution in [3.8, 4) is 33.8 Å². The first kappa shape index (κ1) is 15.3. The van der Waals surface area contributed by atoms with Crippen molar-refractivity contribution in [1.82, 2.24) is 9.97 Å². The molecule has 0 aliphatic carbocycles. The number of para-hydroxylation sites is 1. The highest BCUT2D eigenvalue weighted by atomic mass is 16.5. The molecule has 0 saturated carbocycles. The molecule has 4 heteroatoms. The Labute approximate surface area is 146 Å². The molecule has 0 aliphatic heterocycles. The van der Waals surface area contributed by atoms with Crippen LogP contribution in [0.1, 0.15) is 0 Å². The highest BCUT2D eigenvalue weighted by Crippen LogP contribution is 2.36. The van der Waals surface area contributed by atoms with Crippen molar-refractivity contribution in [3.63, 3.8) is 0 Å². The van der Waals surface area contributed by atoms with E-state index in [1.165, 1.54) is 0 Å². The van der Waals surface area contributed by atoms with Gasteiger partial charge in [-0.3, -0.25) is 0 Å². The molecule has 0 amide bonds. The van der Waals surface area contributed by atoms with E-state index in [0.717, 1.165) is 44.8 Å². The van der Waals surface area contributed by atoms with Crippen LogP contribution in [0, 0.1) is 0 Å². The van der Waals surface area contributed by atoms with Crippen LogP contribution in [0.3, 0.4) is 0 Å². The predicted octanol–water partition coefficient (Wildman–Crippen LogP) is 4.91. The normalized spacial score (nSPS) is 10.8. The van der Waals surface area contributed by atoms with Gasteiger partial charge in [0.05, 0.1) is 14.2 Å². The van der Waals surface area contributed by atoms with Gasteiger partial charge in [0.15, 0.2) is 0 Å². The van der Waals surface area contributed by atoms with E-state index in [4.69, 9.17) is 9.47 Å². The number of nitrogens with one attached hydrogen (secondary N) is 1. The molecule has 0 atom stereocenters. The largest absolute Gasteiger partial charge is 0.497 e. The van der Waals surface area contributed by atoms with Gasteiger partial charge in [-0.2, -0.15) is 0 Å². The molecule has 0 spiro atoms. The number of pyridine rings is 1. The van der Waals surface area contributed by atoms with Gasteiger partial charge < -0.3 is 14.5 Å². The summed E-state index contributed by atoms with van der Waals surface area (Å²) in [6, 6.07) is 18.1. The molecule has 0 unspecified atom stereocenters. The number of ether oxygens (including phenoxy) is 2. The Kier molecular flexibility index (Phi) is 3.86. The smallest absolute Gasteiger partial charge is 0.137 e. The SMILES string of the molecule is COc1cccc(-c2cnc3[nH]cc(-c4ccccc4OC)c3c2)c1. The number of H-pyrrole nitrogens is 1. The van der Waals surface area contributed by atoms with E-state index < -0.39 is 0 Å². The fourth-order valence-electron chi connectivity index (χ4n) is 3.05. The van der Waals surface area contributed by atoms with Crippen LogP contribution in [-0.4, -0.2) is 24.2 Å². The zero-order valence-corrected chi connectivity index (χ0v) is 14.1. The molecule has 2 aromatic carbocycles. The van der Waals surface area contributed by atoms with Gasteiger partial charge in [0.25, 0.3) is 0 Å². The molecule has 25 heavy (non-hydrogen) atoms. The first-order valence-corrected chi connectivity index (χ1v) is 8.05. The quantitative estimate of drug-likeness (QED) is 0.578. The average molecular weight is 330 g/mol. The number of fused-ring (bicyclic) bond motifs is 1. The standard InChI is InChI=1S/C21H18N2O2/c1-24-16-7-5-6-14(10-16)15-11-18-19(13-23-21(18)22-12-15)17-8-3-4-9-20(17)25-2/h3-13H,1-2H3,(H,22,23). The molecule has 4 rings (SSSR count).